The number of hydrogen-bond acceptors (Lipinski definition) is 7. The number of nitrogens with zero attached hydrogens (tertiary/aromatic N) is 4. The summed E-state index contributed by atoms with van der Waals surface area (Å²) in [5, 5.41) is 1.22. The first-order valence-electron chi connectivity index (χ1n) is 9.27. The van der Waals surface area contributed by atoms with E-state index < -0.39 is 0 Å². The number of fused-ring (bicyclic) bond motifs is 3. The Bertz CT molecular complexity index is 905. The third-order valence-electron chi connectivity index (χ3n) is 4.90. The Morgan fingerprint density at radius 3 is 2.63 bits per heavy atom. The Hall–Kier alpha value is -2.09. The fourth-order valence-corrected chi connectivity index (χ4v) is 4.81. The summed E-state index contributed by atoms with van der Waals surface area (Å²) in [7, 11) is 3.46. The molecule has 0 aliphatic heterocycles. The zero-order chi connectivity index (χ0) is 18.6. The van der Waals surface area contributed by atoms with Gasteiger partial charge in [0.1, 0.15) is 10.6 Å². The molecule has 1 aliphatic rings. The van der Waals surface area contributed by atoms with E-state index in [-0.39, 0.29) is 0 Å². The second-order valence-electron chi connectivity index (χ2n) is 6.62. The van der Waals surface area contributed by atoms with E-state index >= 15 is 0 Å². The normalized spacial score (nSPS) is 13.3. The van der Waals surface area contributed by atoms with Gasteiger partial charge in [-0.25, -0.2) is 9.97 Å². The van der Waals surface area contributed by atoms with Crippen LogP contribution >= 0.6 is 11.3 Å². The Labute approximate surface area is 163 Å². The first-order valence-corrected chi connectivity index (χ1v) is 10.1. The molecular weight excluding hydrogens is 360 g/mol. The fourth-order valence-electron chi connectivity index (χ4n) is 3.56. The van der Waals surface area contributed by atoms with Crippen molar-refractivity contribution in [3.05, 3.63) is 35.0 Å². The molecule has 3 heterocycles. The quantitative estimate of drug-likeness (QED) is 0.594. The maximum atomic E-state index is 5.34. The Morgan fingerprint density at radius 1 is 1.11 bits per heavy atom. The molecule has 0 fully saturated rings. The average Bonchev–Trinajstić information content (AvgIpc) is 3.29. The second kappa shape index (κ2) is 8.29. The van der Waals surface area contributed by atoms with Gasteiger partial charge in [0.15, 0.2) is 5.82 Å². The van der Waals surface area contributed by atoms with Gasteiger partial charge in [0.2, 0.25) is 0 Å². The van der Waals surface area contributed by atoms with Crippen molar-refractivity contribution in [2.24, 2.45) is 0 Å². The molecule has 0 aromatic carbocycles. The Balaban J connectivity index is 1.86. The molecule has 4 rings (SSSR count). The van der Waals surface area contributed by atoms with E-state index in [4.69, 9.17) is 19.4 Å². The number of hydrogen-bond donors (Lipinski definition) is 0. The molecule has 0 bridgehead atoms. The van der Waals surface area contributed by atoms with Gasteiger partial charge in [-0.3, -0.25) is 4.98 Å². The monoisotopic (exact) mass is 384 g/mol. The van der Waals surface area contributed by atoms with E-state index in [1.165, 1.54) is 22.2 Å². The molecule has 27 heavy (non-hydrogen) atoms. The van der Waals surface area contributed by atoms with Crippen LogP contribution in [0.4, 0.5) is 5.82 Å². The standard InChI is InChI=1S/C20H24N4O2S/c1-25-11-9-24(10-12-26-2)19-17-15-6-3-7-16(15)27-20(17)23-18(22-19)14-5-4-8-21-13-14/h4-5,8,13H,3,6-7,9-12H2,1-2H3. The van der Waals surface area contributed by atoms with E-state index in [0.29, 0.717) is 13.2 Å². The number of rotatable bonds is 8. The lowest BCUT2D eigenvalue weighted by Crippen LogP contribution is -2.31. The number of methoxy groups -OCH3 is 2. The molecule has 0 unspecified atom stereocenters. The highest BCUT2D eigenvalue weighted by atomic mass is 32.1. The smallest absolute Gasteiger partial charge is 0.164 e. The summed E-state index contributed by atoms with van der Waals surface area (Å²) < 4.78 is 10.7. The number of aromatic nitrogens is 3. The topological polar surface area (TPSA) is 60.4 Å². The van der Waals surface area contributed by atoms with E-state index in [9.17, 15) is 0 Å². The van der Waals surface area contributed by atoms with E-state index in [2.05, 4.69) is 9.88 Å². The van der Waals surface area contributed by atoms with Crippen molar-refractivity contribution in [1.82, 2.24) is 15.0 Å². The zero-order valence-electron chi connectivity index (χ0n) is 15.8. The van der Waals surface area contributed by atoms with Crippen molar-refractivity contribution in [1.29, 1.82) is 0 Å². The van der Waals surface area contributed by atoms with Crippen LogP contribution in [0.2, 0.25) is 0 Å². The minimum Gasteiger partial charge on any atom is -0.383 e. The van der Waals surface area contributed by atoms with Crippen LogP contribution in [0.1, 0.15) is 16.9 Å². The highest BCUT2D eigenvalue weighted by molar-refractivity contribution is 7.19. The van der Waals surface area contributed by atoms with Crippen molar-refractivity contribution in [3.63, 3.8) is 0 Å². The third kappa shape index (κ3) is 3.67. The summed E-state index contributed by atoms with van der Waals surface area (Å²) in [5.41, 5.74) is 2.37. The molecule has 6 nitrogen and oxygen atoms in total. The van der Waals surface area contributed by atoms with E-state index in [0.717, 1.165) is 48.0 Å². The summed E-state index contributed by atoms with van der Waals surface area (Å²) in [6.45, 7) is 2.82. The minimum atomic E-state index is 0.643. The average molecular weight is 385 g/mol. The third-order valence-corrected chi connectivity index (χ3v) is 6.08. The molecule has 0 saturated heterocycles. The summed E-state index contributed by atoms with van der Waals surface area (Å²) in [5.74, 6) is 1.72. The largest absolute Gasteiger partial charge is 0.383 e. The first-order chi connectivity index (χ1) is 13.3. The second-order valence-corrected chi connectivity index (χ2v) is 7.71. The van der Waals surface area contributed by atoms with Crippen LogP contribution in [0.3, 0.4) is 0 Å². The first kappa shape index (κ1) is 18.3. The van der Waals surface area contributed by atoms with Gasteiger partial charge >= 0.3 is 0 Å². The molecule has 0 spiro atoms. The predicted molar refractivity (Wildman–Crippen MR) is 109 cm³/mol. The molecular formula is C20H24N4O2S. The molecule has 3 aromatic rings. The van der Waals surface area contributed by atoms with E-state index in [1.54, 1.807) is 20.4 Å². The lowest BCUT2D eigenvalue weighted by molar-refractivity contribution is 0.190. The van der Waals surface area contributed by atoms with Gasteiger partial charge in [0.05, 0.1) is 18.6 Å². The Morgan fingerprint density at radius 2 is 1.93 bits per heavy atom. The van der Waals surface area contributed by atoms with Gasteiger partial charge in [-0.05, 0) is 37.0 Å². The molecule has 7 heteroatoms. The van der Waals surface area contributed by atoms with Gasteiger partial charge < -0.3 is 14.4 Å². The molecule has 0 saturated carbocycles. The van der Waals surface area contributed by atoms with Gasteiger partial charge in [-0.2, -0.15) is 0 Å². The molecule has 1 aliphatic carbocycles. The molecule has 0 radical (unpaired) electrons. The highest BCUT2D eigenvalue weighted by Gasteiger charge is 2.25. The number of thiophene rings is 1. The summed E-state index contributed by atoms with van der Waals surface area (Å²) in [6.07, 6.45) is 7.07. The van der Waals surface area contributed by atoms with Crippen LogP contribution < -0.4 is 4.90 Å². The molecule has 0 N–H and O–H groups in total. The van der Waals surface area contributed by atoms with Crippen molar-refractivity contribution >= 4 is 27.4 Å². The van der Waals surface area contributed by atoms with Gasteiger partial charge in [0, 0.05) is 50.1 Å². The SMILES string of the molecule is COCCN(CCOC)c1nc(-c2cccnc2)nc2sc3c(c12)CCC3. The number of pyridine rings is 1. The summed E-state index contributed by atoms with van der Waals surface area (Å²) >= 11 is 1.81. The van der Waals surface area contributed by atoms with Crippen LogP contribution in [0.25, 0.3) is 21.6 Å². The maximum absolute atomic E-state index is 5.34. The summed E-state index contributed by atoms with van der Waals surface area (Å²) in [6, 6.07) is 3.93. The molecule has 0 atom stereocenters. The fraction of sp³-hybridized carbons (Fsp3) is 0.450. The number of anilines is 1. The lowest BCUT2D eigenvalue weighted by Gasteiger charge is -2.24. The van der Waals surface area contributed by atoms with Crippen molar-refractivity contribution < 1.29 is 9.47 Å². The van der Waals surface area contributed by atoms with Crippen LogP contribution in [0.15, 0.2) is 24.5 Å². The predicted octanol–water partition coefficient (Wildman–Crippen LogP) is 3.34. The van der Waals surface area contributed by atoms with Crippen molar-refractivity contribution in [3.8, 4) is 11.4 Å². The maximum Gasteiger partial charge on any atom is 0.164 e. The lowest BCUT2D eigenvalue weighted by atomic mass is 10.1. The van der Waals surface area contributed by atoms with Gasteiger partial charge in [-0.1, -0.05) is 0 Å². The van der Waals surface area contributed by atoms with Crippen LogP contribution in [-0.2, 0) is 22.3 Å². The van der Waals surface area contributed by atoms with Crippen molar-refractivity contribution in [2.45, 2.75) is 19.3 Å². The number of aryl methyl sites for hydroxylation is 2. The van der Waals surface area contributed by atoms with Crippen LogP contribution in [0.5, 0.6) is 0 Å². The van der Waals surface area contributed by atoms with Gasteiger partial charge in [0.25, 0.3) is 0 Å². The number of ether oxygens (including phenoxy) is 2. The van der Waals surface area contributed by atoms with Crippen molar-refractivity contribution in [2.75, 3.05) is 45.4 Å². The van der Waals surface area contributed by atoms with Crippen LogP contribution in [0, 0.1) is 0 Å². The Kier molecular flexibility index (Phi) is 5.61. The molecule has 0 amide bonds. The van der Waals surface area contributed by atoms with Gasteiger partial charge in [-0.15, -0.1) is 11.3 Å². The highest BCUT2D eigenvalue weighted by Crippen LogP contribution is 2.41. The molecule has 3 aromatic heterocycles. The van der Waals surface area contributed by atoms with E-state index in [1.807, 2.05) is 29.7 Å². The van der Waals surface area contributed by atoms with Crippen LogP contribution in [-0.4, -0.2) is 55.5 Å². The zero-order valence-corrected chi connectivity index (χ0v) is 16.6. The molecule has 142 valence electrons. The summed E-state index contributed by atoms with van der Waals surface area (Å²) in [4.78, 5) is 18.9. The minimum absolute atomic E-state index is 0.643.